The first-order valence-corrected chi connectivity index (χ1v) is 11.9. The number of phosphoric ester groups is 1. The smallest absolute Gasteiger partial charge is 0.351 e. The van der Waals surface area contributed by atoms with Gasteiger partial charge in [0, 0.05) is 6.20 Å². The molecule has 0 aliphatic carbocycles. The number of anilines is 1. The van der Waals surface area contributed by atoms with Gasteiger partial charge in [-0.05, 0) is 13.0 Å². The molecule has 2 unspecified atom stereocenters. The zero-order valence-corrected chi connectivity index (χ0v) is 21.4. The molecule has 1 saturated heterocycles. The van der Waals surface area contributed by atoms with Crippen molar-refractivity contribution >= 4 is 29.3 Å². The molecule has 0 amide bonds. The van der Waals surface area contributed by atoms with Gasteiger partial charge in [-0.3, -0.25) is 18.0 Å². The second-order valence-electron chi connectivity index (χ2n) is 6.04. The molecular formula is C10H30N7O14P3. The van der Waals surface area contributed by atoms with Gasteiger partial charge >= 0.3 is 5.69 Å². The number of hydrogen-bond acceptors (Lipinski definition) is 16. The number of phosphoric acid groups is 3. The van der Waals surface area contributed by atoms with Gasteiger partial charge in [0.25, 0.3) is 15.6 Å². The molecule has 1 aliphatic rings. The molecule has 1 aromatic rings. The van der Waals surface area contributed by atoms with Crippen LogP contribution in [0.5, 0.6) is 0 Å². The second-order valence-corrected chi connectivity index (χ2v) is 10.3. The Morgan fingerprint density at radius 1 is 1.15 bits per heavy atom. The minimum Gasteiger partial charge on any atom is -0.790 e. The fraction of sp³-hybridized carbons (Fsp3) is 0.600. The minimum atomic E-state index is -6.17. The highest BCUT2D eigenvalue weighted by atomic mass is 31.3. The molecule has 1 aromatic heterocycles. The van der Waals surface area contributed by atoms with Crippen LogP contribution in [0.4, 0.5) is 5.82 Å². The Bertz CT molecular complexity index is 1000. The van der Waals surface area contributed by atoms with Gasteiger partial charge in [0.15, 0.2) is 6.23 Å². The van der Waals surface area contributed by atoms with E-state index in [1.807, 2.05) is 0 Å². The van der Waals surface area contributed by atoms with E-state index in [1.54, 1.807) is 0 Å². The summed E-state index contributed by atoms with van der Waals surface area (Å²) >= 11 is 0. The highest BCUT2D eigenvalue weighted by Gasteiger charge is 2.53. The lowest BCUT2D eigenvalue weighted by molar-refractivity contribution is -0.339. The Balaban J connectivity index is -0.00000240. The van der Waals surface area contributed by atoms with Crippen LogP contribution in [0.2, 0.25) is 0 Å². The number of hydrogen-bond donors (Lipinski definition) is 7. The number of rotatable bonds is 8. The van der Waals surface area contributed by atoms with Gasteiger partial charge < -0.3 is 73.9 Å². The van der Waals surface area contributed by atoms with Crippen LogP contribution >= 0.6 is 23.5 Å². The average molecular weight is 565 g/mol. The lowest BCUT2D eigenvalue weighted by atomic mass is 9.96. The second kappa shape index (κ2) is 12.7. The molecule has 20 N–H and O–H groups in total. The van der Waals surface area contributed by atoms with E-state index in [9.17, 15) is 48.3 Å². The number of aliphatic hydroxyl groups is 2. The molecule has 24 heteroatoms. The molecule has 0 spiro atoms. The molecule has 2 rings (SSSR count). The van der Waals surface area contributed by atoms with E-state index >= 15 is 0 Å². The monoisotopic (exact) mass is 565 g/mol. The number of nitrogens with two attached hydrogens (primary N) is 1. The maximum atomic E-state index is 11.9. The largest absolute Gasteiger partial charge is 0.790 e. The Labute approximate surface area is 191 Å². The SMILES string of the molecule is C[C@@]1(O)[C@H](O)[C@@H](COP(=O)([O-])OP(=O)([O-])OP(=O)([O-])[O-])O[C@H]1n1ccc(N)nc1=O.[NH4+].[NH4+].[NH4+].[NH4+]. The topological polar surface area (TPSA) is 428 Å². The van der Waals surface area contributed by atoms with Crippen molar-refractivity contribution in [1.29, 1.82) is 0 Å². The predicted octanol–water partition coefficient (Wildman–Crippen LogP) is -2.85. The molecule has 1 fully saturated rings. The molecule has 1 aliphatic heterocycles. The van der Waals surface area contributed by atoms with Crippen molar-refractivity contribution < 1.29 is 61.4 Å². The molecule has 2 heterocycles. The fourth-order valence-electron chi connectivity index (χ4n) is 2.43. The van der Waals surface area contributed by atoms with E-state index < -0.39 is 59.8 Å². The first-order chi connectivity index (χ1) is 13.4. The molecule has 21 nitrogen and oxygen atoms in total. The van der Waals surface area contributed by atoms with E-state index in [1.165, 1.54) is 6.07 Å². The summed E-state index contributed by atoms with van der Waals surface area (Å²) in [5.74, 6) is -0.149. The summed E-state index contributed by atoms with van der Waals surface area (Å²) in [5, 5.41) is 20.6. The normalized spacial score (nSPS) is 27.6. The van der Waals surface area contributed by atoms with Crippen molar-refractivity contribution in [3.05, 3.63) is 22.7 Å². The molecule has 204 valence electrons. The number of ether oxygens (including phenoxy) is 1. The first kappa shape index (κ1) is 37.4. The van der Waals surface area contributed by atoms with E-state index in [-0.39, 0.29) is 30.4 Å². The summed E-state index contributed by atoms with van der Waals surface area (Å²) in [6.45, 7) is -0.115. The third kappa shape index (κ3) is 9.46. The van der Waals surface area contributed by atoms with Crippen LogP contribution in [0.3, 0.4) is 0 Å². The van der Waals surface area contributed by atoms with Gasteiger partial charge in [-0.25, -0.2) is 9.11 Å². The van der Waals surface area contributed by atoms with E-state index in [4.69, 9.17) is 10.5 Å². The third-order valence-electron chi connectivity index (χ3n) is 3.66. The summed E-state index contributed by atoms with van der Waals surface area (Å²) in [6, 6.07) is 1.17. The number of quaternary nitrogens is 4. The number of nitrogens with zero attached hydrogens (tertiary/aromatic N) is 2. The molecule has 0 radical (unpaired) electrons. The van der Waals surface area contributed by atoms with Crippen LogP contribution in [0.1, 0.15) is 13.2 Å². The van der Waals surface area contributed by atoms with Crippen molar-refractivity contribution in [2.75, 3.05) is 12.3 Å². The summed E-state index contributed by atoms with van der Waals surface area (Å²) in [4.78, 5) is 58.5. The van der Waals surface area contributed by atoms with E-state index in [0.29, 0.717) is 0 Å². The summed E-state index contributed by atoms with van der Waals surface area (Å²) < 4.78 is 49.5. The van der Waals surface area contributed by atoms with Gasteiger partial charge in [0.1, 0.15) is 23.6 Å². The summed E-state index contributed by atoms with van der Waals surface area (Å²) in [7, 11) is -18.2. The first-order valence-electron chi connectivity index (χ1n) is 7.55. The van der Waals surface area contributed by atoms with E-state index in [0.717, 1.165) is 17.7 Å². The Hall–Kier alpha value is -1.19. The van der Waals surface area contributed by atoms with Gasteiger partial charge in [-0.2, -0.15) is 4.98 Å². The zero-order chi connectivity index (χ0) is 23.1. The molecule has 0 saturated carbocycles. The highest BCUT2D eigenvalue weighted by molar-refractivity contribution is 7.64. The van der Waals surface area contributed by atoms with Crippen molar-refractivity contribution in [2.45, 2.75) is 31.0 Å². The van der Waals surface area contributed by atoms with Crippen LogP contribution in [0, 0.1) is 0 Å². The van der Waals surface area contributed by atoms with Crippen LogP contribution in [-0.2, 0) is 31.6 Å². The van der Waals surface area contributed by atoms with Crippen molar-refractivity contribution in [1.82, 2.24) is 34.2 Å². The van der Waals surface area contributed by atoms with Crippen LogP contribution < -0.4 is 55.6 Å². The third-order valence-corrected chi connectivity index (χ3v) is 7.32. The minimum absolute atomic E-state index is 0. The molecule has 6 atom stereocenters. The van der Waals surface area contributed by atoms with Gasteiger partial charge in [-0.1, -0.05) is 0 Å². The maximum absolute atomic E-state index is 11.9. The summed E-state index contributed by atoms with van der Waals surface area (Å²) in [6.07, 6.45) is -4.03. The highest BCUT2D eigenvalue weighted by Crippen LogP contribution is 2.60. The molecule has 34 heavy (non-hydrogen) atoms. The Kier molecular flexibility index (Phi) is 13.9. The Morgan fingerprint density at radius 2 is 1.68 bits per heavy atom. The molecular weight excluding hydrogens is 535 g/mol. The fourth-order valence-corrected chi connectivity index (χ4v) is 5.30. The van der Waals surface area contributed by atoms with Crippen molar-refractivity contribution in [3.63, 3.8) is 0 Å². The Morgan fingerprint density at radius 3 is 2.15 bits per heavy atom. The van der Waals surface area contributed by atoms with Gasteiger partial charge in [0.2, 0.25) is 0 Å². The van der Waals surface area contributed by atoms with Crippen LogP contribution in [0.25, 0.3) is 0 Å². The molecule has 0 bridgehead atoms. The van der Waals surface area contributed by atoms with Crippen molar-refractivity contribution in [3.8, 4) is 0 Å². The molecule has 0 aromatic carbocycles. The van der Waals surface area contributed by atoms with Gasteiger partial charge in [-0.15, -0.1) is 0 Å². The van der Waals surface area contributed by atoms with Crippen LogP contribution in [0.15, 0.2) is 17.1 Å². The maximum Gasteiger partial charge on any atom is 0.351 e. The lowest BCUT2D eigenvalue weighted by Crippen LogP contribution is -2.46. The van der Waals surface area contributed by atoms with Gasteiger partial charge in [0.05, 0.1) is 14.4 Å². The average Bonchev–Trinajstić information content (AvgIpc) is 2.73. The number of nitrogen functional groups attached to an aromatic ring is 1. The summed E-state index contributed by atoms with van der Waals surface area (Å²) in [5.41, 5.74) is 2.18. The van der Waals surface area contributed by atoms with Crippen molar-refractivity contribution in [2.24, 2.45) is 0 Å². The quantitative estimate of drug-likeness (QED) is 0.156. The standard InChI is InChI=1S/C10H18N3O14P3.4H3N/c1-10(16)7(14)5(25-8(10)13-3-2-6(11)12-9(13)15)4-24-29(20,21)27-30(22,23)26-28(17,18)19;;;;/h2-3,5,7-8,14,16H,4H2,1H3,(H,20,21)(H,22,23)(H2,11,12,15)(H2,17,18,19);4*1H3/t5-,7-,8-,10-;;;;/m1..../s1. The zero-order valence-electron chi connectivity index (χ0n) is 18.7. The van der Waals surface area contributed by atoms with E-state index in [2.05, 4.69) is 18.1 Å². The predicted molar refractivity (Wildman–Crippen MR) is 108 cm³/mol. The number of aliphatic hydroxyl groups excluding tert-OH is 1. The lowest BCUT2D eigenvalue weighted by Gasteiger charge is -2.37. The van der Waals surface area contributed by atoms with Crippen LogP contribution in [-0.4, -0.2) is 44.2 Å². The number of aromatic nitrogens is 2.